The number of pyridine rings is 1. The summed E-state index contributed by atoms with van der Waals surface area (Å²) in [5, 5.41) is 3.01. The number of rotatable bonds is 5. The van der Waals surface area contributed by atoms with Gasteiger partial charge >= 0.3 is 0 Å². The van der Waals surface area contributed by atoms with E-state index in [2.05, 4.69) is 5.32 Å². The molecule has 1 aromatic heterocycles. The summed E-state index contributed by atoms with van der Waals surface area (Å²) in [6, 6.07) is 8.98. The van der Waals surface area contributed by atoms with Crippen molar-refractivity contribution < 1.29 is 14.3 Å². The molecule has 0 saturated heterocycles. The Morgan fingerprint density at radius 3 is 3.04 bits per heavy atom. The average molecular weight is 342 g/mol. The van der Waals surface area contributed by atoms with Crippen LogP contribution in [0.3, 0.4) is 0 Å². The maximum atomic E-state index is 12.4. The predicted molar refractivity (Wildman–Crippen MR) is 94.0 cm³/mol. The van der Waals surface area contributed by atoms with Crippen LogP contribution in [0.25, 0.3) is 0 Å². The summed E-state index contributed by atoms with van der Waals surface area (Å²) in [4.78, 5) is 24.5. The first kappa shape index (κ1) is 17.1. The van der Waals surface area contributed by atoms with Gasteiger partial charge in [-0.1, -0.05) is 6.07 Å². The average Bonchev–Trinajstić information content (AvgIpc) is 2.60. The van der Waals surface area contributed by atoms with Gasteiger partial charge in [-0.15, -0.1) is 0 Å². The molecule has 1 aliphatic rings. The van der Waals surface area contributed by atoms with Crippen molar-refractivity contribution in [2.24, 2.45) is 0 Å². The highest BCUT2D eigenvalue weighted by Crippen LogP contribution is 2.34. The fourth-order valence-electron chi connectivity index (χ4n) is 2.95. The van der Waals surface area contributed by atoms with Crippen molar-refractivity contribution in [3.8, 4) is 11.5 Å². The number of fused-ring (bicyclic) bond motifs is 1. The van der Waals surface area contributed by atoms with Gasteiger partial charge in [0.15, 0.2) is 0 Å². The lowest BCUT2D eigenvalue weighted by atomic mass is 10.00. The van der Waals surface area contributed by atoms with Gasteiger partial charge in [0.05, 0.1) is 19.3 Å². The van der Waals surface area contributed by atoms with Crippen LogP contribution in [0, 0.1) is 6.92 Å². The SMILES string of the molecule is CCOc1ccc2c(c1)C(NC(=O)Cn1cccc(C)c1=O)CCO2. The third-order valence-electron chi connectivity index (χ3n) is 4.19. The summed E-state index contributed by atoms with van der Waals surface area (Å²) in [6.07, 6.45) is 2.30. The van der Waals surface area contributed by atoms with E-state index in [9.17, 15) is 9.59 Å². The molecule has 1 amide bonds. The summed E-state index contributed by atoms with van der Waals surface area (Å²) in [5.74, 6) is 1.31. The molecule has 0 bridgehead atoms. The molecular formula is C19H22N2O4. The fraction of sp³-hybridized carbons (Fsp3) is 0.368. The van der Waals surface area contributed by atoms with Crippen LogP contribution >= 0.6 is 0 Å². The first-order chi connectivity index (χ1) is 12.1. The van der Waals surface area contributed by atoms with Crippen molar-refractivity contribution in [2.75, 3.05) is 13.2 Å². The van der Waals surface area contributed by atoms with Gasteiger partial charge < -0.3 is 19.4 Å². The van der Waals surface area contributed by atoms with Gasteiger partial charge in [0.1, 0.15) is 18.0 Å². The van der Waals surface area contributed by atoms with Crippen LogP contribution in [0.15, 0.2) is 41.3 Å². The van der Waals surface area contributed by atoms with E-state index in [0.29, 0.717) is 25.2 Å². The van der Waals surface area contributed by atoms with Crippen LogP contribution in [0.4, 0.5) is 0 Å². The second-order valence-electron chi connectivity index (χ2n) is 6.01. The van der Waals surface area contributed by atoms with Gasteiger partial charge in [0.2, 0.25) is 5.91 Å². The number of carbonyl (C=O) groups excluding carboxylic acids is 1. The van der Waals surface area contributed by atoms with Gasteiger partial charge in [-0.25, -0.2) is 0 Å². The Kier molecular flexibility index (Phi) is 5.07. The Morgan fingerprint density at radius 1 is 1.40 bits per heavy atom. The number of aryl methyl sites for hydroxylation is 1. The highest BCUT2D eigenvalue weighted by Gasteiger charge is 2.24. The molecule has 0 radical (unpaired) electrons. The molecule has 1 N–H and O–H groups in total. The molecule has 0 aliphatic carbocycles. The van der Waals surface area contributed by atoms with E-state index in [1.165, 1.54) is 4.57 Å². The zero-order valence-corrected chi connectivity index (χ0v) is 14.5. The second-order valence-corrected chi connectivity index (χ2v) is 6.01. The maximum absolute atomic E-state index is 12.4. The maximum Gasteiger partial charge on any atom is 0.253 e. The third kappa shape index (κ3) is 3.84. The van der Waals surface area contributed by atoms with Gasteiger partial charge in [-0.2, -0.15) is 0 Å². The van der Waals surface area contributed by atoms with Crippen LogP contribution < -0.4 is 20.3 Å². The summed E-state index contributed by atoms with van der Waals surface area (Å²) in [6.45, 7) is 4.77. The van der Waals surface area contributed by atoms with E-state index in [-0.39, 0.29) is 24.1 Å². The van der Waals surface area contributed by atoms with Crippen molar-refractivity contribution >= 4 is 5.91 Å². The lowest BCUT2D eigenvalue weighted by Gasteiger charge is -2.27. The van der Waals surface area contributed by atoms with Crippen LogP contribution in [0.5, 0.6) is 11.5 Å². The number of hydrogen-bond acceptors (Lipinski definition) is 4. The molecule has 132 valence electrons. The molecule has 2 aromatic rings. The minimum absolute atomic E-state index is 0.00163. The van der Waals surface area contributed by atoms with E-state index in [1.54, 1.807) is 25.3 Å². The van der Waals surface area contributed by atoms with Crippen LogP contribution in [0.1, 0.15) is 30.5 Å². The fourth-order valence-corrected chi connectivity index (χ4v) is 2.95. The number of hydrogen-bond donors (Lipinski definition) is 1. The number of nitrogens with one attached hydrogen (secondary N) is 1. The largest absolute Gasteiger partial charge is 0.494 e. The highest BCUT2D eigenvalue weighted by atomic mass is 16.5. The van der Waals surface area contributed by atoms with E-state index >= 15 is 0 Å². The smallest absolute Gasteiger partial charge is 0.253 e. The number of benzene rings is 1. The van der Waals surface area contributed by atoms with E-state index in [0.717, 1.165) is 17.1 Å². The first-order valence-corrected chi connectivity index (χ1v) is 8.43. The molecule has 0 fully saturated rings. The summed E-state index contributed by atoms with van der Waals surface area (Å²) >= 11 is 0. The van der Waals surface area contributed by atoms with E-state index < -0.39 is 0 Å². The quantitative estimate of drug-likeness (QED) is 0.904. The van der Waals surface area contributed by atoms with Gasteiger partial charge in [0.25, 0.3) is 5.56 Å². The topological polar surface area (TPSA) is 69.6 Å². The third-order valence-corrected chi connectivity index (χ3v) is 4.19. The first-order valence-electron chi connectivity index (χ1n) is 8.43. The van der Waals surface area contributed by atoms with E-state index in [4.69, 9.17) is 9.47 Å². The Bertz CT molecular complexity index is 828. The molecule has 6 nitrogen and oxygen atoms in total. The Hall–Kier alpha value is -2.76. The standard InChI is InChI=1S/C19H22N2O4/c1-3-24-14-6-7-17-15(11-14)16(8-10-25-17)20-18(22)12-21-9-4-5-13(2)19(21)23/h4-7,9,11,16H,3,8,10,12H2,1-2H3,(H,20,22). The zero-order chi connectivity index (χ0) is 17.8. The molecule has 0 saturated carbocycles. The number of nitrogens with zero attached hydrogens (tertiary/aromatic N) is 1. The number of ether oxygens (including phenoxy) is 2. The molecule has 1 aromatic carbocycles. The van der Waals surface area contributed by atoms with Crippen molar-refractivity contribution in [2.45, 2.75) is 32.9 Å². The minimum Gasteiger partial charge on any atom is -0.494 e. The van der Waals surface area contributed by atoms with Gasteiger partial charge in [-0.3, -0.25) is 9.59 Å². The molecule has 25 heavy (non-hydrogen) atoms. The molecule has 1 atom stereocenters. The Balaban J connectivity index is 1.75. The van der Waals surface area contributed by atoms with Crippen molar-refractivity contribution in [1.29, 1.82) is 0 Å². The van der Waals surface area contributed by atoms with Gasteiger partial charge in [-0.05, 0) is 38.1 Å². The molecule has 2 heterocycles. The summed E-state index contributed by atoms with van der Waals surface area (Å²) in [5.41, 5.74) is 1.37. The summed E-state index contributed by atoms with van der Waals surface area (Å²) < 4.78 is 12.6. The second kappa shape index (κ2) is 7.42. The van der Waals surface area contributed by atoms with Crippen molar-refractivity contribution in [1.82, 2.24) is 9.88 Å². The lowest BCUT2D eigenvalue weighted by molar-refractivity contribution is -0.122. The van der Waals surface area contributed by atoms with Crippen molar-refractivity contribution in [3.05, 3.63) is 58.0 Å². The van der Waals surface area contributed by atoms with Crippen LogP contribution in [0.2, 0.25) is 0 Å². The monoisotopic (exact) mass is 342 g/mol. The highest BCUT2D eigenvalue weighted by molar-refractivity contribution is 5.76. The normalized spacial score (nSPS) is 15.8. The number of aromatic nitrogens is 1. The molecule has 0 spiro atoms. The molecule has 3 rings (SSSR count). The number of amides is 1. The van der Waals surface area contributed by atoms with E-state index in [1.807, 2.05) is 25.1 Å². The molecule has 1 aliphatic heterocycles. The molecular weight excluding hydrogens is 320 g/mol. The van der Waals surface area contributed by atoms with Crippen LogP contribution in [-0.4, -0.2) is 23.7 Å². The van der Waals surface area contributed by atoms with Gasteiger partial charge in [0, 0.05) is 23.7 Å². The number of carbonyl (C=O) groups is 1. The predicted octanol–water partition coefficient (Wildman–Crippen LogP) is 2.20. The zero-order valence-electron chi connectivity index (χ0n) is 14.5. The molecule has 6 heteroatoms. The Morgan fingerprint density at radius 2 is 2.24 bits per heavy atom. The van der Waals surface area contributed by atoms with Crippen molar-refractivity contribution in [3.63, 3.8) is 0 Å². The molecule has 1 unspecified atom stereocenters. The minimum atomic E-state index is -0.202. The summed E-state index contributed by atoms with van der Waals surface area (Å²) in [7, 11) is 0. The van der Waals surface area contributed by atoms with Crippen LogP contribution in [-0.2, 0) is 11.3 Å². The Labute approximate surface area is 146 Å². The lowest BCUT2D eigenvalue weighted by Crippen LogP contribution is -2.36.